The molecule has 0 saturated heterocycles. The van der Waals surface area contributed by atoms with Gasteiger partial charge in [-0.3, -0.25) is 14.4 Å². The molecule has 0 radical (unpaired) electrons. The second-order valence-corrected chi connectivity index (χ2v) is 23.8. The van der Waals surface area contributed by atoms with E-state index in [-0.39, 0.29) is 31.1 Å². The summed E-state index contributed by atoms with van der Waals surface area (Å²) in [6.45, 7) is 6.58. The van der Waals surface area contributed by atoms with Crippen LogP contribution in [0.2, 0.25) is 0 Å². The van der Waals surface area contributed by atoms with Crippen LogP contribution in [0.15, 0.2) is 72.9 Å². The SMILES string of the molecule is CC/C=C\C/C=C\C/C=C\C/C=C\C/C=C\CCCCCCCCCCCCCCCC(=O)OCC(COC(=O)CCCCCCCCCCCCCCCCC)OC(=O)CCCCCCCCCCC/C=C\CCCCCCCC. The molecule has 470 valence electrons. The van der Waals surface area contributed by atoms with Gasteiger partial charge in [0.05, 0.1) is 0 Å². The highest BCUT2D eigenvalue weighted by molar-refractivity contribution is 5.71. The van der Waals surface area contributed by atoms with E-state index in [9.17, 15) is 14.4 Å². The molecule has 0 aromatic rings. The van der Waals surface area contributed by atoms with E-state index in [2.05, 4.69) is 93.7 Å². The van der Waals surface area contributed by atoms with Crippen molar-refractivity contribution in [3.05, 3.63) is 72.9 Å². The maximum absolute atomic E-state index is 13.0. The van der Waals surface area contributed by atoms with Crippen LogP contribution in [0, 0.1) is 0 Å². The number of ether oxygens (including phenoxy) is 3. The quantitative estimate of drug-likeness (QED) is 0.0261. The Morgan fingerprint density at radius 3 is 0.765 bits per heavy atom. The Morgan fingerprint density at radius 2 is 0.481 bits per heavy atom. The second-order valence-electron chi connectivity index (χ2n) is 23.8. The van der Waals surface area contributed by atoms with Crippen molar-refractivity contribution in [3.8, 4) is 0 Å². The van der Waals surface area contributed by atoms with Gasteiger partial charge in [-0.2, -0.15) is 0 Å². The lowest BCUT2D eigenvalue weighted by molar-refractivity contribution is -0.167. The summed E-state index contributed by atoms with van der Waals surface area (Å²) in [5, 5.41) is 0. The van der Waals surface area contributed by atoms with Gasteiger partial charge in [0.2, 0.25) is 0 Å². The molecule has 0 aliphatic rings. The van der Waals surface area contributed by atoms with Crippen molar-refractivity contribution >= 4 is 17.9 Å². The Kier molecular flexibility index (Phi) is 66.6. The van der Waals surface area contributed by atoms with E-state index in [1.807, 2.05) is 0 Å². The van der Waals surface area contributed by atoms with E-state index in [1.54, 1.807) is 0 Å². The topological polar surface area (TPSA) is 78.9 Å². The van der Waals surface area contributed by atoms with Crippen LogP contribution in [0.1, 0.15) is 367 Å². The molecule has 0 bridgehead atoms. The molecular formula is C75H134O6. The largest absolute Gasteiger partial charge is 0.462 e. The molecule has 0 aliphatic heterocycles. The first-order chi connectivity index (χ1) is 40.0. The van der Waals surface area contributed by atoms with Gasteiger partial charge >= 0.3 is 17.9 Å². The highest BCUT2D eigenvalue weighted by atomic mass is 16.6. The molecule has 1 unspecified atom stereocenters. The lowest BCUT2D eigenvalue weighted by Gasteiger charge is -2.18. The van der Waals surface area contributed by atoms with Crippen LogP contribution in [-0.4, -0.2) is 37.2 Å². The van der Waals surface area contributed by atoms with Crippen molar-refractivity contribution < 1.29 is 28.6 Å². The number of esters is 3. The molecule has 0 aromatic carbocycles. The van der Waals surface area contributed by atoms with Crippen LogP contribution in [-0.2, 0) is 28.6 Å². The second kappa shape index (κ2) is 69.3. The number of hydrogen-bond acceptors (Lipinski definition) is 6. The molecule has 0 aromatic heterocycles. The molecule has 6 nitrogen and oxygen atoms in total. The molecule has 1 atom stereocenters. The highest BCUT2D eigenvalue weighted by Gasteiger charge is 2.19. The van der Waals surface area contributed by atoms with Crippen molar-refractivity contribution in [2.45, 2.75) is 374 Å². The normalized spacial score (nSPS) is 12.5. The number of rotatable bonds is 65. The average Bonchev–Trinajstić information content (AvgIpc) is 3.47. The Balaban J connectivity index is 4.26. The minimum Gasteiger partial charge on any atom is -0.462 e. The minimum absolute atomic E-state index is 0.0709. The number of carbonyl (C=O) groups is 3. The molecule has 0 heterocycles. The van der Waals surface area contributed by atoms with Gasteiger partial charge in [-0.15, -0.1) is 0 Å². The summed E-state index contributed by atoms with van der Waals surface area (Å²) < 4.78 is 17.0. The zero-order chi connectivity index (χ0) is 58.5. The third-order valence-electron chi connectivity index (χ3n) is 15.7. The van der Waals surface area contributed by atoms with Gasteiger partial charge in [0.15, 0.2) is 6.10 Å². The summed E-state index contributed by atoms with van der Waals surface area (Å²) in [7, 11) is 0. The fourth-order valence-electron chi connectivity index (χ4n) is 10.4. The first-order valence-corrected chi connectivity index (χ1v) is 35.4. The van der Waals surface area contributed by atoms with Crippen molar-refractivity contribution in [1.82, 2.24) is 0 Å². The number of hydrogen-bond donors (Lipinski definition) is 0. The molecule has 0 saturated carbocycles. The van der Waals surface area contributed by atoms with E-state index in [1.165, 1.54) is 238 Å². The summed E-state index contributed by atoms with van der Waals surface area (Å²) >= 11 is 0. The third kappa shape index (κ3) is 67.5. The molecule has 0 aliphatic carbocycles. The van der Waals surface area contributed by atoms with Crippen molar-refractivity contribution in [2.24, 2.45) is 0 Å². The van der Waals surface area contributed by atoms with Crippen LogP contribution in [0.5, 0.6) is 0 Å². The maximum Gasteiger partial charge on any atom is 0.306 e. The zero-order valence-electron chi connectivity index (χ0n) is 54.1. The van der Waals surface area contributed by atoms with Gasteiger partial charge in [-0.1, -0.05) is 331 Å². The molecule has 0 fully saturated rings. The van der Waals surface area contributed by atoms with Gasteiger partial charge < -0.3 is 14.2 Å². The highest BCUT2D eigenvalue weighted by Crippen LogP contribution is 2.18. The monoisotopic (exact) mass is 1130 g/mol. The summed E-state index contributed by atoms with van der Waals surface area (Å²) in [5.41, 5.74) is 0. The Hall–Kier alpha value is -3.15. The molecule has 0 spiro atoms. The van der Waals surface area contributed by atoms with E-state index < -0.39 is 6.10 Å². The molecule has 0 N–H and O–H groups in total. The van der Waals surface area contributed by atoms with Crippen LogP contribution in [0.3, 0.4) is 0 Å². The van der Waals surface area contributed by atoms with Gasteiger partial charge in [0, 0.05) is 19.3 Å². The van der Waals surface area contributed by atoms with Crippen LogP contribution in [0.25, 0.3) is 0 Å². The fourth-order valence-corrected chi connectivity index (χ4v) is 10.4. The first kappa shape index (κ1) is 77.9. The Bertz CT molecular complexity index is 1490. The van der Waals surface area contributed by atoms with Gasteiger partial charge in [0.1, 0.15) is 13.2 Å². The Labute approximate surface area is 503 Å². The predicted molar refractivity (Wildman–Crippen MR) is 353 cm³/mol. The summed E-state index contributed by atoms with van der Waals surface area (Å²) in [6.07, 6.45) is 90.6. The lowest BCUT2D eigenvalue weighted by Crippen LogP contribution is -2.30. The minimum atomic E-state index is -0.775. The van der Waals surface area contributed by atoms with Crippen molar-refractivity contribution in [1.29, 1.82) is 0 Å². The molecule has 6 heteroatoms. The summed E-state index contributed by atoms with van der Waals surface area (Å²) in [5.74, 6) is -0.851. The summed E-state index contributed by atoms with van der Waals surface area (Å²) in [6, 6.07) is 0. The average molecular weight is 1130 g/mol. The zero-order valence-corrected chi connectivity index (χ0v) is 54.1. The fraction of sp³-hybridized carbons (Fsp3) is 0.800. The number of carbonyl (C=O) groups excluding carboxylic acids is 3. The number of allylic oxidation sites excluding steroid dienone is 12. The van der Waals surface area contributed by atoms with Crippen LogP contribution >= 0.6 is 0 Å². The maximum atomic E-state index is 13.0. The molecular weight excluding hydrogens is 997 g/mol. The van der Waals surface area contributed by atoms with E-state index in [0.29, 0.717) is 19.3 Å². The predicted octanol–water partition coefficient (Wildman–Crippen LogP) is 24.4. The molecule has 0 rings (SSSR count). The van der Waals surface area contributed by atoms with E-state index in [0.717, 1.165) is 89.9 Å². The van der Waals surface area contributed by atoms with Gasteiger partial charge in [-0.25, -0.2) is 0 Å². The van der Waals surface area contributed by atoms with E-state index >= 15 is 0 Å². The van der Waals surface area contributed by atoms with E-state index in [4.69, 9.17) is 14.2 Å². The standard InChI is InChI=1S/C75H134O6/c1-4-7-10-13-16-19-22-25-28-30-32-33-34-35-36-37-38-39-40-41-43-44-47-50-53-56-59-62-65-68-74(77)80-71-72(70-79-73(76)67-64-61-58-55-52-49-46-27-24-21-18-15-12-9-6-3)81-75(78)69-66-63-60-57-54-51-48-45-42-31-29-26-23-20-17-14-11-8-5-2/h7,10,16,19,25-26,28-29,32-33,35-36,72H,4-6,8-9,11-15,17-18,20-24,27,30-31,34,37-71H2,1-3H3/b10-7-,19-16-,28-25-,29-26-,33-32-,36-35-. The van der Waals surface area contributed by atoms with Crippen molar-refractivity contribution in [2.75, 3.05) is 13.2 Å². The summed E-state index contributed by atoms with van der Waals surface area (Å²) in [4.78, 5) is 38.5. The molecule has 81 heavy (non-hydrogen) atoms. The smallest absolute Gasteiger partial charge is 0.306 e. The van der Waals surface area contributed by atoms with Crippen LogP contribution < -0.4 is 0 Å². The number of unbranched alkanes of at least 4 members (excludes halogenated alkanes) is 42. The lowest BCUT2D eigenvalue weighted by atomic mass is 10.0. The first-order valence-electron chi connectivity index (χ1n) is 35.4. The van der Waals surface area contributed by atoms with Gasteiger partial charge in [-0.05, 0) is 89.9 Å². The van der Waals surface area contributed by atoms with Crippen LogP contribution in [0.4, 0.5) is 0 Å². The van der Waals surface area contributed by atoms with Gasteiger partial charge in [0.25, 0.3) is 0 Å². The third-order valence-corrected chi connectivity index (χ3v) is 15.7. The Morgan fingerprint density at radius 1 is 0.259 bits per heavy atom. The van der Waals surface area contributed by atoms with Crippen molar-refractivity contribution in [3.63, 3.8) is 0 Å². The molecule has 0 amide bonds.